The molecule has 0 saturated heterocycles. The highest BCUT2D eigenvalue weighted by atomic mass is 35.5. The molecule has 7 heteroatoms. The maximum atomic E-state index is 12.3. The summed E-state index contributed by atoms with van der Waals surface area (Å²) in [5, 5.41) is 4.47. The van der Waals surface area contributed by atoms with Crippen LogP contribution in [0.1, 0.15) is 11.5 Å². The number of carbonyl (C=O) groups is 1. The van der Waals surface area contributed by atoms with Crippen LogP contribution in [0, 0.1) is 0 Å². The van der Waals surface area contributed by atoms with Crippen LogP contribution in [-0.2, 0) is 11.3 Å². The topological polar surface area (TPSA) is 68.5 Å². The van der Waals surface area contributed by atoms with E-state index in [1.807, 2.05) is 42.5 Å². The summed E-state index contributed by atoms with van der Waals surface area (Å²) in [7, 11) is 3.28. The third-order valence-corrected chi connectivity index (χ3v) is 4.20. The zero-order chi connectivity index (χ0) is 19.2. The molecule has 0 bridgehead atoms. The first-order chi connectivity index (χ1) is 13.1. The molecule has 1 aromatic heterocycles. The number of benzene rings is 2. The van der Waals surface area contributed by atoms with E-state index < -0.39 is 0 Å². The van der Waals surface area contributed by atoms with Crippen molar-refractivity contribution in [1.82, 2.24) is 15.0 Å². The highest BCUT2D eigenvalue weighted by Gasteiger charge is 2.14. The number of likely N-dealkylation sites (N-methyl/N-ethyl adjacent to an activating group) is 1. The molecule has 1 heterocycles. The van der Waals surface area contributed by atoms with Crippen LogP contribution in [0.15, 0.2) is 59.1 Å². The van der Waals surface area contributed by atoms with Gasteiger partial charge in [0.1, 0.15) is 5.75 Å². The SMILES string of the molecule is COc1ccc(/C=C/C(=O)N(C)Cc2nc(-c3ccccc3Cl)no2)cc1. The molecule has 27 heavy (non-hydrogen) atoms. The number of halogens is 1. The standard InChI is InChI=1S/C20H18ClN3O3/c1-24(19(25)12-9-14-7-10-15(26-2)11-8-14)13-18-22-20(23-27-18)16-5-3-4-6-17(16)21/h3-12H,13H2,1-2H3/b12-9+. The third-order valence-electron chi connectivity index (χ3n) is 3.87. The summed E-state index contributed by atoms with van der Waals surface area (Å²) >= 11 is 6.14. The lowest BCUT2D eigenvalue weighted by atomic mass is 10.2. The first-order valence-corrected chi connectivity index (χ1v) is 8.59. The lowest BCUT2D eigenvalue weighted by Crippen LogP contribution is -2.24. The molecule has 2 aromatic carbocycles. The number of amides is 1. The lowest BCUT2D eigenvalue weighted by Gasteiger charge is -2.11. The van der Waals surface area contributed by atoms with Crippen LogP contribution < -0.4 is 4.74 Å². The fraction of sp³-hybridized carbons (Fsp3) is 0.150. The van der Waals surface area contributed by atoms with E-state index in [-0.39, 0.29) is 12.5 Å². The number of hydrogen-bond donors (Lipinski definition) is 0. The first kappa shape index (κ1) is 18.7. The van der Waals surface area contributed by atoms with Crippen molar-refractivity contribution in [3.63, 3.8) is 0 Å². The molecule has 0 atom stereocenters. The van der Waals surface area contributed by atoms with Crippen LogP contribution in [0.5, 0.6) is 5.75 Å². The average molecular weight is 384 g/mol. The molecule has 3 aromatic rings. The van der Waals surface area contributed by atoms with Crippen molar-refractivity contribution in [2.45, 2.75) is 6.54 Å². The number of rotatable bonds is 6. The molecule has 0 aliphatic rings. The van der Waals surface area contributed by atoms with E-state index in [4.69, 9.17) is 20.9 Å². The van der Waals surface area contributed by atoms with Crippen LogP contribution in [-0.4, -0.2) is 35.1 Å². The lowest BCUT2D eigenvalue weighted by molar-refractivity contribution is -0.125. The van der Waals surface area contributed by atoms with Gasteiger partial charge in [0.15, 0.2) is 0 Å². The van der Waals surface area contributed by atoms with Gasteiger partial charge in [0, 0.05) is 18.7 Å². The fourth-order valence-corrected chi connectivity index (χ4v) is 2.58. The van der Waals surface area contributed by atoms with Gasteiger partial charge in [0.25, 0.3) is 0 Å². The van der Waals surface area contributed by atoms with Gasteiger partial charge in [-0.15, -0.1) is 0 Å². The van der Waals surface area contributed by atoms with Crippen LogP contribution in [0.25, 0.3) is 17.5 Å². The zero-order valence-corrected chi connectivity index (χ0v) is 15.7. The Morgan fingerprint density at radius 2 is 1.96 bits per heavy atom. The van der Waals surface area contributed by atoms with Gasteiger partial charge in [0.2, 0.25) is 17.6 Å². The normalized spacial score (nSPS) is 10.9. The van der Waals surface area contributed by atoms with Gasteiger partial charge >= 0.3 is 0 Å². The van der Waals surface area contributed by atoms with Gasteiger partial charge in [-0.2, -0.15) is 4.98 Å². The van der Waals surface area contributed by atoms with Crippen LogP contribution >= 0.6 is 11.6 Å². The van der Waals surface area contributed by atoms with E-state index >= 15 is 0 Å². The molecule has 0 saturated carbocycles. The first-order valence-electron chi connectivity index (χ1n) is 8.21. The van der Waals surface area contributed by atoms with E-state index in [0.717, 1.165) is 11.3 Å². The van der Waals surface area contributed by atoms with E-state index in [9.17, 15) is 4.79 Å². The molecule has 0 spiro atoms. The molecule has 1 amide bonds. The third kappa shape index (κ3) is 4.74. The smallest absolute Gasteiger partial charge is 0.246 e. The summed E-state index contributed by atoms with van der Waals surface area (Å²) in [6.45, 7) is 0.198. The molecule has 0 unspecified atom stereocenters. The molecule has 138 valence electrons. The molecule has 0 fully saturated rings. The van der Waals surface area contributed by atoms with Gasteiger partial charge < -0.3 is 14.2 Å². The van der Waals surface area contributed by atoms with Gasteiger partial charge in [-0.05, 0) is 35.9 Å². The van der Waals surface area contributed by atoms with Crippen molar-refractivity contribution in [3.05, 3.63) is 71.1 Å². The van der Waals surface area contributed by atoms with Crippen molar-refractivity contribution in [3.8, 4) is 17.1 Å². The Morgan fingerprint density at radius 1 is 1.22 bits per heavy atom. The minimum absolute atomic E-state index is 0.177. The largest absolute Gasteiger partial charge is 0.497 e. The molecule has 6 nitrogen and oxygen atoms in total. The maximum absolute atomic E-state index is 12.3. The van der Waals surface area contributed by atoms with Crippen LogP contribution in [0.3, 0.4) is 0 Å². The predicted molar refractivity (Wildman–Crippen MR) is 103 cm³/mol. The van der Waals surface area contributed by atoms with Gasteiger partial charge in [-0.25, -0.2) is 0 Å². The van der Waals surface area contributed by atoms with Crippen LogP contribution in [0.4, 0.5) is 0 Å². The highest BCUT2D eigenvalue weighted by Crippen LogP contribution is 2.25. The van der Waals surface area contributed by atoms with E-state index in [0.29, 0.717) is 22.3 Å². The summed E-state index contributed by atoms with van der Waals surface area (Å²) in [5.74, 6) is 1.31. The average Bonchev–Trinajstić information content (AvgIpc) is 3.15. The second-order valence-electron chi connectivity index (χ2n) is 5.79. The maximum Gasteiger partial charge on any atom is 0.246 e. The Balaban J connectivity index is 1.63. The second kappa shape index (κ2) is 8.51. The number of nitrogens with zero attached hydrogens (tertiary/aromatic N) is 3. The zero-order valence-electron chi connectivity index (χ0n) is 14.9. The number of carbonyl (C=O) groups excluding carboxylic acids is 1. The molecular weight excluding hydrogens is 366 g/mol. The van der Waals surface area contributed by atoms with Crippen LogP contribution in [0.2, 0.25) is 5.02 Å². The van der Waals surface area contributed by atoms with E-state index in [1.165, 1.54) is 11.0 Å². The Kier molecular flexibility index (Phi) is 5.88. The Hall–Kier alpha value is -3.12. The van der Waals surface area contributed by atoms with Crippen molar-refractivity contribution >= 4 is 23.6 Å². The van der Waals surface area contributed by atoms with Gasteiger partial charge in [0.05, 0.1) is 18.7 Å². The highest BCUT2D eigenvalue weighted by molar-refractivity contribution is 6.33. The van der Waals surface area contributed by atoms with E-state index in [2.05, 4.69) is 10.1 Å². The van der Waals surface area contributed by atoms with Crippen molar-refractivity contribution in [1.29, 1.82) is 0 Å². The molecule has 0 radical (unpaired) electrons. The number of methoxy groups -OCH3 is 1. The summed E-state index contributed by atoms with van der Waals surface area (Å²) < 4.78 is 10.3. The minimum atomic E-state index is -0.177. The summed E-state index contributed by atoms with van der Waals surface area (Å²) in [6, 6.07) is 14.7. The summed E-state index contributed by atoms with van der Waals surface area (Å²) in [4.78, 5) is 18.1. The molecule has 0 N–H and O–H groups in total. The number of ether oxygens (including phenoxy) is 1. The molecule has 3 rings (SSSR count). The summed E-state index contributed by atoms with van der Waals surface area (Å²) in [5.41, 5.74) is 1.58. The molecule has 0 aliphatic heterocycles. The van der Waals surface area contributed by atoms with Crippen molar-refractivity contribution in [2.75, 3.05) is 14.2 Å². The monoisotopic (exact) mass is 383 g/mol. The fourth-order valence-electron chi connectivity index (χ4n) is 2.36. The predicted octanol–water partition coefficient (Wildman–Crippen LogP) is 4.07. The number of hydrogen-bond acceptors (Lipinski definition) is 5. The molecule has 0 aliphatic carbocycles. The quantitative estimate of drug-likeness (QED) is 0.600. The molecular formula is C20H18ClN3O3. The Bertz CT molecular complexity index is 951. The Morgan fingerprint density at radius 3 is 2.67 bits per heavy atom. The van der Waals surface area contributed by atoms with Gasteiger partial charge in [-0.1, -0.05) is 41.0 Å². The second-order valence-corrected chi connectivity index (χ2v) is 6.20. The number of aromatic nitrogens is 2. The Labute approximate surface area is 162 Å². The van der Waals surface area contributed by atoms with Gasteiger partial charge in [-0.3, -0.25) is 4.79 Å². The minimum Gasteiger partial charge on any atom is -0.497 e. The van der Waals surface area contributed by atoms with E-state index in [1.54, 1.807) is 26.3 Å². The summed E-state index contributed by atoms with van der Waals surface area (Å²) in [6.07, 6.45) is 3.23. The van der Waals surface area contributed by atoms with Crippen molar-refractivity contribution < 1.29 is 14.1 Å². The van der Waals surface area contributed by atoms with Crippen molar-refractivity contribution in [2.24, 2.45) is 0 Å².